The fourth-order valence-electron chi connectivity index (χ4n) is 4.12. The Balaban J connectivity index is 1.62. The largest absolute Gasteiger partial charge is 0.491 e. The van der Waals surface area contributed by atoms with Crippen LogP contribution in [-0.2, 0) is 23.7 Å². The van der Waals surface area contributed by atoms with E-state index in [1.807, 2.05) is 30.3 Å². The zero-order chi connectivity index (χ0) is 27.0. The van der Waals surface area contributed by atoms with Gasteiger partial charge in [0.1, 0.15) is 12.4 Å². The summed E-state index contributed by atoms with van der Waals surface area (Å²) in [5.74, 6) is 0.862. The van der Waals surface area contributed by atoms with Crippen molar-refractivity contribution in [1.29, 1.82) is 0 Å². The molecule has 0 aliphatic rings. The summed E-state index contributed by atoms with van der Waals surface area (Å²) in [5.41, 5.74) is 0. The first kappa shape index (κ1) is 34.8. The van der Waals surface area contributed by atoms with Crippen LogP contribution in [0.25, 0.3) is 0 Å². The summed E-state index contributed by atoms with van der Waals surface area (Å²) in [6.07, 6.45) is 19.4. The molecule has 222 valence electrons. The van der Waals surface area contributed by atoms with Crippen molar-refractivity contribution in [2.75, 3.05) is 72.7 Å². The van der Waals surface area contributed by atoms with Crippen molar-refractivity contribution in [3.8, 4) is 5.75 Å². The second-order valence-corrected chi connectivity index (χ2v) is 9.82. The molecule has 0 aliphatic heterocycles. The summed E-state index contributed by atoms with van der Waals surface area (Å²) in [5, 5.41) is 0. The lowest BCUT2D eigenvalue weighted by Crippen LogP contribution is -2.14. The number of para-hydroxylation sites is 1. The predicted molar refractivity (Wildman–Crippen MR) is 156 cm³/mol. The number of rotatable bonds is 31. The molecule has 0 aromatic heterocycles. The molecule has 1 aromatic rings. The van der Waals surface area contributed by atoms with Gasteiger partial charge in [0.15, 0.2) is 0 Å². The van der Waals surface area contributed by atoms with Crippen LogP contribution in [0.4, 0.5) is 0 Å². The van der Waals surface area contributed by atoms with E-state index in [0.717, 1.165) is 18.8 Å². The lowest BCUT2D eigenvalue weighted by Gasteiger charge is -2.08. The molecule has 6 nitrogen and oxygen atoms in total. The highest BCUT2D eigenvalue weighted by Gasteiger charge is 1.97. The first-order valence-corrected chi connectivity index (χ1v) is 15.5. The lowest BCUT2D eigenvalue weighted by molar-refractivity contribution is -0.0128. The number of hydrogen-bond donors (Lipinski definition) is 0. The van der Waals surface area contributed by atoms with Gasteiger partial charge in [-0.2, -0.15) is 0 Å². The minimum absolute atomic E-state index is 0.539. The second kappa shape index (κ2) is 30.4. The van der Waals surface area contributed by atoms with Crippen molar-refractivity contribution in [3.63, 3.8) is 0 Å². The van der Waals surface area contributed by atoms with E-state index in [9.17, 15) is 0 Å². The van der Waals surface area contributed by atoms with Crippen molar-refractivity contribution < 1.29 is 28.4 Å². The molecule has 0 saturated heterocycles. The summed E-state index contributed by atoms with van der Waals surface area (Å²) in [7, 11) is 0. The van der Waals surface area contributed by atoms with Crippen molar-refractivity contribution in [1.82, 2.24) is 0 Å². The zero-order valence-corrected chi connectivity index (χ0v) is 24.5. The molecule has 0 radical (unpaired) electrons. The third-order valence-corrected chi connectivity index (χ3v) is 6.37. The number of unbranched alkanes of at least 4 members (excludes halogenated alkanes) is 13. The second-order valence-electron chi connectivity index (χ2n) is 9.82. The minimum Gasteiger partial charge on any atom is -0.491 e. The van der Waals surface area contributed by atoms with Crippen LogP contribution in [0.5, 0.6) is 5.75 Å². The molecule has 0 aliphatic carbocycles. The van der Waals surface area contributed by atoms with Gasteiger partial charge in [-0.3, -0.25) is 0 Å². The van der Waals surface area contributed by atoms with Gasteiger partial charge in [0, 0.05) is 6.61 Å². The van der Waals surface area contributed by atoms with E-state index in [-0.39, 0.29) is 0 Å². The average molecular weight is 539 g/mol. The smallest absolute Gasteiger partial charge is 0.119 e. The Bertz CT molecular complexity index is 556. The van der Waals surface area contributed by atoms with E-state index in [1.165, 1.54) is 83.5 Å². The SMILES string of the molecule is CCCCCCCCCCCCCCCCOCCOCCOCCOCCOCCOc1ccccc1. The van der Waals surface area contributed by atoms with Crippen LogP contribution in [0, 0.1) is 0 Å². The Morgan fingerprint density at radius 3 is 1.13 bits per heavy atom. The highest BCUT2D eigenvalue weighted by molar-refractivity contribution is 5.20. The van der Waals surface area contributed by atoms with E-state index in [4.69, 9.17) is 28.4 Å². The van der Waals surface area contributed by atoms with E-state index in [1.54, 1.807) is 0 Å². The number of ether oxygens (including phenoxy) is 6. The molecule has 0 unspecified atom stereocenters. The number of hydrogen-bond acceptors (Lipinski definition) is 6. The van der Waals surface area contributed by atoms with Crippen LogP contribution in [0.15, 0.2) is 30.3 Å². The monoisotopic (exact) mass is 538 g/mol. The van der Waals surface area contributed by atoms with Gasteiger partial charge in [0.2, 0.25) is 0 Å². The summed E-state index contributed by atoms with van der Waals surface area (Å²) in [6.45, 7) is 8.92. The molecule has 1 aromatic carbocycles. The maximum absolute atomic E-state index is 5.66. The fourth-order valence-corrected chi connectivity index (χ4v) is 4.12. The minimum atomic E-state index is 0.539. The van der Waals surface area contributed by atoms with Gasteiger partial charge in [-0.25, -0.2) is 0 Å². The lowest BCUT2D eigenvalue weighted by atomic mass is 10.0. The molecular formula is C32H58O6. The first-order chi connectivity index (χ1) is 18.9. The van der Waals surface area contributed by atoms with Crippen LogP contribution in [0.1, 0.15) is 96.8 Å². The van der Waals surface area contributed by atoms with Crippen molar-refractivity contribution in [2.45, 2.75) is 96.8 Å². The molecule has 1 rings (SSSR count). The van der Waals surface area contributed by atoms with Gasteiger partial charge < -0.3 is 28.4 Å². The fraction of sp³-hybridized carbons (Fsp3) is 0.812. The Kier molecular flexibility index (Phi) is 27.8. The molecule has 0 spiro atoms. The quantitative estimate of drug-likeness (QED) is 0.0906. The molecule has 0 heterocycles. The highest BCUT2D eigenvalue weighted by atomic mass is 16.6. The van der Waals surface area contributed by atoms with E-state index >= 15 is 0 Å². The molecule has 0 N–H and O–H groups in total. The van der Waals surface area contributed by atoms with Crippen LogP contribution in [-0.4, -0.2) is 72.7 Å². The van der Waals surface area contributed by atoms with Gasteiger partial charge in [-0.05, 0) is 18.6 Å². The molecule has 0 bridgehead atoms. The van der Waals surface area contributed by atoms with Gasteiger partial charge in [0.25, 0.3) is 0 Å². The maximum Gasteiger partial charge on any atom is 0.119 e. The predicted octanol–water partition coefficient (Wildman–Crippen LogP) is 7.63. The summed E-state index contributed by atoms with van der Waals surface area (Å²) < 4.78 is 33.3. The summed E-state index contributed by atoms with van der Waals surface area (Å²) in [6, 6.07) is 9.74. The Morgan fingerprint density at radius 2 is 0.711 bits per heavy atom. The third kappa shape index (κ3) is 26.4. The Hall–Kier alpha value is -1.18. The van der Waals surface area contributed by atoms with Gasteiger partial charge >= 0.3 is 0 Å². The van der Waals surface area contributed by atoms with Crippen molar-refractivity contribution >= 4 is 0 Å². The van der Waals surface area contributed by atoms with E-state index in [0.29, 0.717) is 66.1 Å². The number of benzene rings is 1. The van der Waals surface area contributed by atoms with Crippen LogP contribution in [0.3, 0.4) is 0 Å². The van der Waals surface area contributed by atoms with Crippen molar-refractivity contribution in [2.24, 2.45) is 0 Å². The molecule has 0 amide bonds. The average Bonchev–Trinajstić information content (AvgIpc) is 2.94. The molecule has 0 atom stereocenters. The Morgan fingerprint density at radius 1 is 0.368 bits per heavy atom. The van der Waals surface area contributed by atoms with E-state index < -0.39 is 0 Å². The first-order valence-electron chi connectivity index (χ1n) is 15.5. The maximum atomic E-state index is 5.66. The highest BCUT2D eigenvalue weighted by Crippen LogP contribution is 2.13. The standard InChI is InChI=1S/C32H58O6/c1-2-3-4-5-6-7-8-9-10-11-12-13-14-18-21-33-22-23-34-24-25-35-26-27-36-28-29-37-30-31-38-32-19-16-15-17-20-32/h15-17,19-20H,2-14,18,21-31H2,1H3. The zero-order valence-electron chi connectivity index (χ0n) is 24.5. The Labute approximate surface area is 234 Å². The van der Waals surface area contributed by atoms with Crippen LogP contribution >= 0.6 is 0 Å². The van der Waals surface area contributed by atoms with Gasteiger partial charge in [-0.1, -0.05) is 109 Å². The van der Waals surface area contributed by atoms with E-state index in [2.05, 4.69) is 6.92 Å². The normalized spacial score (nSPS) is 11.3. The van der Waals surface area contributed by atoms with Crippen LogP contribution < -0.4 is 4.74 Å². The molecule has 0 saturated carbocycles. The third-order valence-electron chi connectivity index (χ3n) is 6.37. The molecule has 6 heteroatoms. The topological polar surface area (TPSA) is 55.4 Å². The summed E-state index contributed by atoms with van der Waals surface area (Å²) >= 11 is 0. The van der Waals surface area contributed by atoms with Gasteiger partial charge in [0.05, 0.1) is 59.5 Å². The molecular weight excluding hydrogens is 480 g/mol. The van der Waals surface area contributed by atoms with Crippen molar-refractivity contribution in [3.05, 3.63) is 30.3 Å². The molecule has 38 heavy (non-hydrogen) atoms. The summed E-state index contributed by atoms with van der Waals surface area (Å²) in [4.78, 5) is 0. The van der Waals surface area contributed by atoms with Crippen LogP contribution in [0.2, 0.25) is 0 Å². The van der Waals surface area contributed by atoms with Gasteiger partial charge in [-0.15, -0.1) is 0 Å². The molecule has 0 fully saturated rings.